The smallest absolute Gasteiger partial charge is 0.236 e. The molecule has 0 saturated heterocycles. The average molecular weight is 233 g/mol. The van der Waals surface area contributed by atoms with Gasteiger partial charge in [0.1, 0.15) is 12.6 Å². The minimum absolute atomic E-state index is 1.20. The number of para-hydroxylation sites is 1. The van der Waals surface area contributed by atoms with Gasteiger partial charge < -0.3 is 4.98 Å². The van der Waals surface area contributed by atoms with Crippen LogP contribution in [-0.4, -0.2) is 4.98 Å². The molecule has 18 heavy (non-hydrogen) atoms. The molecule has 0 aliphatic carbocycles. The predicted molar refractivity (Wildman–Crippen MR) is 74.5 cm³/mol. The summed E-state index contributed by atoms with van der Waals surface area (Å²) < 4.78 is 2.17. The molecule has 2 heteroatoms. The van der Waals surface area contributed by atoms with Gasteiger partial charge in [0.25, 0.3) is 0 Å². The zero-order valence-electron chi connectivity index (χ0n) is 10.1. The Bertz CT molecular complexity index is 887. The van der Waals surface area contributed by atoms with E-state index in [0.717, 1.165) is 0 Å². The average Bonchev–Trinajstić information content (AvgIpc) is 2.77. The number of nitrogens with zero attached hydrogens (tertiary/aromatic N) is 1. The van der Waals surface area contributed by atoms with E-state index in [-0.39, 0.29) is 0 Å². The molecular formula is C16H13N2+. The fourth-order valence-corrected chi connectivity index (χ4v) is 2.78. The van der Waals surface area contributed by atoms with Crippen molar-refractivity contribution >= 4 is 32.7 Å². The maximum Gasteiger partial charge on any atom is 0.236 e. The Balaban J connectivity index is 2.35. The van der Waals surface area contributed by atoms with Crippen molar-refractivity contribution in [3.05, 3.63) is 54.7 Å². The molecule has 0 bridgehead atoms. The zero-order valence-corrected chi connectivity index (χ0v) is 10.1. The number of aromatic nitrogens is 2. The van der Waals surface area contributed by atoms with Crippen molar-refractivity contribution < 1.29 is 4.57 Å². The van der Waals surface area contributed by atoms with Crippen LogP contribution in [-0.2, 0) is 7.05 Å². The summed E-state index contributed by atoms with van der Waals surface area (Å²) in [5.41, 5.74) is 3.67. The van der Waals surface area contributed by atoms with Gasteiger partial charge in [-0.3, -0.25) is 0 Å². The van der Waals surface area contributed by atoms with E-state index in [1.54, 1.807) is 0 Å². The SMILES string of the molecule is C[n+]1cccc2ccc3c4ccccc4[nH]c3c21. The molecule has 2 aromatic heterocycles. The highest BCUT2D eigenvalue weighted by molar-refractivity contribution is 6.14. The van der Waals surface area contributed by atoms with Gasteiger partial charge in [-0.05, 0) is 18.2 Å². The van der Waals surface area contributed by atoms with Gasteiger partial charge >= 0.3 is 0 Å². The quantitative estimate of drug-likeness (QED) is 0.450. The Morgan fingerprint density at radius 2 is 1.78 bits per heavy atom. The van der Waals surface area contributed by atoms with Crippen LogP contribution in [0.3, 0.4) is 0 Å². The summed E-state index contributed by atoms with van der Waals surface area (Å²) in [5.74, 6) is 0. The number of rotatable bonds is 0. The van der Waals surface area contributed by atoms with Crippen molar-refractivity contribution in [2.45, 2.75) is 0 Å². The van der Waals surface area contributed by atoms with Gasteiger partial charge in [-0.2, -0.15) is 4.57 Å². The molecule has 2 heterocycles. The lowest BCUT2D eigenvalue weighted by Crippen LogP contribution is -2.28. The molecule has 1 N–H and O–H groups in total. The van der Waals surface area contributed by atoms with E-state index in [9.17, 15) is 0 Å². The van der Waals surface area contributed by atoms with Gasteiger partial charge in [-0.15, -0.1) is 0 Å². The number of pyridine rings is 1. The molecule has 4 aromatic rings. The first-order valence-corrected chi connectivity index (χ1v) is 6.12. The maximum atomic E-state index is 3.54. The molecule has 0 unspecified atom stereocenters. The second-order valence-corrected chi connectivity index (χ2v) is 4.72. The zero-order chi connectivity index (χ0) is 12.1. The lowest BCUT2D eigenvalue weighted by atomic mass is 10.1. The van der Waals surface area contributed by atoms with Gasteiger partial charge in [-0.25, -0.2) is 0 Å². The lowest BCUT2D eigenvalue weighted by molar-refractivity contribution is -0.644. The van der Waals surface area contributed by atoms with Crippen molar-refractivity contribution in [1.82, 2.24) is 4.98 Å². The van der Waals surface area contributed by atoms with Crippen LogP contribution in [0.25, 0.3) is 32.7 Å². The number of hydrogen-bond donors (Lipinski definition) is 1. The van der Waals surface area contributed by atoms with Crippen LogP contribution in [0.5, 0.6) is 0 Å². The molecule has 4 rings (SSSR count). The number of aryl methyl sites for hydroxylation is 1. The molecule has 0 saturated carbocycles. The fraction of sp³-hybridized carbons (Fsp3) is 0.0625. The van der Waals surface area contributed by atoms with Crippen LogP contribution >= 0.6 is 0 Å². The van der Waals surface area contributed by atoms with Crippen molar-refractivity contribution in [2.24, 2.45) is 7.05 Å². The third kappa shape index (κ3) is 1.15. The summed E-state index contributed by atoms with van der Waals surface area (Å²) in [4.78, 5) is 3.54. The molecular weight excluding hydrogens is 220 g/mol. The highest BCUT2D eigenvalue weighted by Gasteiger charge is 2.13. The van der Waals surface area contributed by atoms with Crippen LogP contribution in [0.15, 0.2) is 54.7 Å². The Labute approximate surface area is 104 Å². The van der Waals surface area contributed by atoms with Crippen LogP contribution in [0.1, 0.15) is 0 Å². The van der Waals surface area contributed by atoms with Gasteiger partial charge in [0.05, 0.1) is 0 Å². The van der Waals surface area contributed by atoms with Crippen LogP contribution in [0, 0.1) is 0 Å². The molecule has 0 amide bonds. The first-order valence-electron chi connectivity index (χ1n) is 6.12. The molecule has 0 radical (unpaired) electrons. The first kappa shape index (κ1) is 9.66. The van der Waals surface area contributed by atoms with Crippen LogP contribution in [0.2, 0.25) is 0 Å². The lowest BCUT2D eigenvalue weighted by Gasteiger charge is -1.97. The molecule has 0 aliphatic heterocycles. The minimum Gasteiger partial charge on any atom is -0.349 e. The minimum atomic E-state index is 1.20. The predicted octanol–water partition coefficient (Wildman–Crippen LogP) is 3.30. The third-order valence-electron chi connectivity index (χ3n) is 3.62. The summed E-state index contributed by atoms with van der Waals surface area (Å²) in [6.07, 6.45) is 2.09. The van der Waals surface area contributed by atoms with E-state index in [4.69, 9.17) is 0 Å². The van der Waals surface area contributed by atoms with Gasteiger partial charge in [0.2, 0.25) is 5.52 Å². The standard InChI is InChI=1S/C16H12N2/c1-18-10-4-5-11-8-9-13-12-6-2-3-7-14(12)17-15(13)16(11)18/h2-10H,1H3/p+1. The van der Waals surface area contributed by atoms with Crippen LogP contribution < -0.4 is 4.57 Å². The normalized spacial score (nSPS) is 11.6. The molecule has 0 fully saturated rings. The molecule has 0 atom stereocenters. The second kappa shape index (κ2) is 3.33. The van der Waals surface area contributed by atoms with Crippen molar-refractivity contribution in [3.63, 3.8) is 0 Å². The van der Waals surface area contributed by atoms with Crippen molar-refractivity contribution in [3.8, 4) is 0 Å². The molecule has 0 spiro atoms. The molecule has 86 valence electrons. The van der Waals surface area contributed by atoms with E-state index in [2.05, 4.69) is 71.3 Å². The highest BCUT2D eigenvalue weighted by Crippen LogP contribution is 2.29. The van der Waals surface area contributed by atoms with Gasteiger partial charge in [-0.1, -0.05) is 24.3 Å². The van der Waals surface area contributed by atoms with E-state index < -0.39 is 0 Å². The van der Waals surface area contributed by atoms with E-state index >= 15 is 0 Å². The monoisotopic (exact) mass is 233 g/mol. The maximum absolute atomic E-state index is 3.54. The number of H-pyrrole nitrogens is 1. The topological polar surface area (TPSA) is 19.7 Å². The number of hydrogen-bond acceptors (Lipinski definition) is 0. The Kier molecular flexibility index (Phi) is 1.78. The number of aromatic amines is 1. The highest BCUT2D eigenvalue weighted by atomic mass is 14.9. The Morgan fingerprint density at radius 3 is 2.72 bits per heavy atom. The summed E-state index contributed by atoms with van der Waals surface area (Å²) in [5, 5.41) is 3.84. The molecule has 2 nitrogen and oxygen atoms in total. The second-order valence-electron chi connectivity index (χ2n) is 4.72. The van der Waals surface area contributed by atoms with E-state index in [1.807, 2.05) is 0 Å². The Morgan fingerprint density at radius 1 is 0.889 bits per heavy atom. The van der Waals surface area contributed by atoms with Gasteiger partial charge in [0.15, 0.2) is 6.20 Å². The van der Waals surface area contributed by atoms with Gasteiger partial charge in [0, 0.05) is 27.7 Å². The summed E-state index contributed by atoms with van der Waals surface area (Å²) in [6.45, 7) is 0. The number of nitrogens with one attached hydrogen (secondary N) is 1. The van der Waals surface area contributed by atoms with E-state index in [1.165, 1.54) is 32.7 Å². The first-order chi connectivity index (χ1) is 8.84. The Hall–Kier alpha value is -2.35. The summed E-state index contributed by atoms with van der Waals surface area (Å²) >= 11 is 0. The number of benzene rings is 2. The van der Waals surface area contributed by atoms with Crippen LogP contribution in [0.4, 0.5) is 0 Å². The third-order valence-corrected chi connectivity index (χ3v) is 3.62. The summed E-state index contributed by atoms with van der Waals surface area (Å²) in [7, 11) is 2.09. The van der Waals surface area contributed by atoms with Crippen molar-refractivity contribution in [2.75, 3.05) is 0 Å². The molecule has 2 aromatic carbocycles. The fourth-order valence-electron chi connectivity index (χ4n) is 2.78. The van der Waals surface area contributed by atoms with E-state index in [0.29, 0.717) is 0 Å². The largest absolute Gasteiger partial charge is 0.349 e. The summed E-state index contributed by atoms with van der Waals surface area (Å²) in [6, 6.07) is 17.1. The van der Waals surface area contributed by atoms with Crippen molar-refractivity contribution in [1.29, 1.82) is 0 Å². The molecule has 0 aliphatic rings. The number of fused-ring (bicyclic) bond motifs is 5.